The van der Waals surface area contributed by atoms with Gasteiger partial charge in [-0.1, -0.05) is 30.3 Å². The first kappa shape index (κ1) is 17.6. The molecule has 2 aromatic carbocycles. The average molecular weight is 381 g/mol. The third-order valence-electron chi connectivity index (χ3n) is 5.54. The highest BCUT2D eigenvalue weighted by Crippen LogP contribution is 2.29. The Morgan fingerprint density at radius 2 is 1.52 bits per heavy atom. The van der Waals surface area contributed by atoms with Gasteiger partial charge in [0.1, 0.15) is 5.82 Å². The Kier molecular flexibility index (Phi) is 4.56. The van der Waals surface area contributed by atoms with Crippen molar-refractivity contribution in [3.63, 3.8) is 0 Å². The molecular formula is C24H23N5. The van der Waals surface area contributed by atoms with E-state index in [0.29, 0.717) is 0 Å². The number of para-hydroxylation sites is 2. The van der Waals surface area contributed by atoms with E-state index in [2.05, 4.69) is 64.2 Å². The van der Waals surface area contributed by atoms with Crippen LogP contribution in [0, 0.1) is 6.92 Å². The molecule has 0 aliphatic carbocycles. The van der Waals surface area contributed by atoms with E-state index >= 15 is 0 Å². The lowest BCUT2D eigenvalue weighted by molar-refractivity contribution is 0.648. The summed E-state index contributed by atoms with van der Waals surface area (Å²) in [5, 5.41) is 1.10. The van der Waals surface area contributed by atoms with Crippen molar-refractivity contribution in [3.8, 4) is 11.4 Å². The van der Waals surface area contributed by atoms with Crippen LogP contribution in [-0.4, -0.2) is 41.1 Å². The molecule has 0 saturated carbocycles. The quantitative estimate of drug-likeness (QED) is 0.529. The lowest BCUT2D eigenvalue weighted by Crippen LogP contribution is -2.47. The number of hydrogen-bond acceptors (Lipinski definition) is 5. The maximum Gasteiger partial charge on any atom is 0.163 e. The first-order valence-electron chi connectivity index (χ1n) is 10.0. The SMILES string of the molecule is Cc1ccccc1N1CCN(c2nc(-c3cccnc3)nc3ccccc23)CC1. The standard InChI is InChI=1S/C24H23N5/c1-18-7-2-5-11-22(18)28-13-15-29(16-14-28)24-20-9-3-4-10-21(20)26-23(27-24)19-8-6-12-25-17-19/h2-12,17H,13-16H2,1H3. The smallest absolute Gasteiger partial charge is 0.163 e. The molecule has 0 amide bonds. The Bertz CT molecular complexity index is 1130. The maximum absolute atomic E-state index is 4.97. The van der Waals surface area contributed by atoms with Crippen LogP contribution >= 0.6 is 0 Å². The van der Waals surface area contributed by atoms with Crippen molar-refractivity contribution in [3.05, 3.63) is 78.6 Å². The summed E-state index contributed by atoms with van der Waals surface area (Å²) in [4.78, 5) is 18.8. The van der Waals surface area contributed by atoms with Gasteiger partial charge in [-0.3, -0.25) is 4.98 Å². The van der Waals surface area contributed by atoms with Crippen LogP contribution in [0.15, 0.2) is 73.1 Å². The van der Waals surface area contributed by atoms with Crippen LogP contribution in [0.5, 0.6) is 0 Å². The highest BCUT2D eigenvalue weighted by atomic mass is 15.3. The van der Waals surface area contributed by atoms with Crippen LogP contribution in [0.25, 0.3) is 22.3 Å². The number of rotatable bonds is 3. The molecule has 3 heterocycles. The highest BCUT2D eigenvalue weighted by Gasteiger charge is 2.22. The van der Waals surface area contributed by atoms with E-state index in [-0.39, 0.29) is 0 Å². The monoisotopic (exact) mass is 381 g/mol. The van der Waals surface area contributed by atoms with Crippen molar-refractivity contribution in [1.29, 1.82) is 0 Å². The molecule has 0 spiro atoms. The molecule has 144 valence electrons. The highest BCUT2D eigenvalue weighted by molar-refractivity contribution is 5.91. The predicted molar refractivity (Wildman–Crippen MR) is 118 cm³/mol. The minimum Gasteiger partial charge on any atom is -0.368 e. The fourth-order valence-corrected chi connectivity index (χ4v) is 4.00. The second-order valence-electron chi connectivity index (χ2n) is 7.39. The normalized spacial score (nSPS) is 14.4. The first-order valence-corrected chi connectivity index (χ1v) is 10.0. The summed E-state index contributed by atoms with van der Waals surface area (Å²) in [5.41, 5.74) is 4.57. The zero-order chi connectivity index (χ0) is 19.6. The minimum atomic E-state index is 0.730. The Morgan fingerprint density at radius 3 is 2.31 bits per heavy atom. The van der Waals surface area contributed by atoms with Crippen molar-refractivity contribution in [2.75, 3.05) is 36.0 Å². The van der Waals surface area contributed by atoms with Crippen LogP contribution in [0.1, 0.15) is 5.56 Å². The predicted octanol–water partition coefficient (Wildman–Crippen LogP) is 4.33. The van der Waals surface area contributed by atoms with Gasteiger partial charge >= 0.3 is 0 Å². The average Bonchev–Trinajstić information content (AvgIpc) is 2.79. The van der Waals surface area contributed by atoms with Gasteiger partial charge in [-0.25, -0.2) is 9.97 Å². The molecule has 0 unspecified atom stereocenters. The van der Waals surface area contributed by atoms with Crippen molar-refractivity contribution in [2.45, 2.75) is 6.92 Å². The molecule has 29 heavy (non-hydrogen) atoms. The van der Waals surface area contributed by atoms with Crippen molar-refractivity contribution < 1.29 is 0 Å². The van der Waals surface area contributed by atoms with Crippen LogP contribution < -0.4 is 9.80 Å². The molecule has 0 radical (unpaired) electrons. The number of aromatic nitrogens is 3. The largest absolute Gasteiger partial charge is 0.368 e. The van der Waals surface area contributed by atoms with E-state index < -0.39 is 0 Å². The maximum atomic E-state index is 4.97. The molecule has 1 aliphatic rings. The molecule has 0 bridgehead atoms. The Balaban J connectivity index is 1.48. The van der Waals surface area contributed by atoms with Crippen LogP contribution in [-0.2, 0) is 0 Å². The summed E-state index contributed by atoms with van der Waals surface area (Å²) < 4.78 is 0. The lowest BCUT2D eigenvalue weighted by atomic mass is 10.1. The zero-order valence-electron chi connectivity index (χ0n) is 16.5. The molecule has 0 atom stereocenters. The minimum absolute atomic E-state index is 0.730. The second-order valence-corrected chi connectivity index (χ2v) is 7.39. The summed E-state index contributed by atoms with van der Waals surface area (Å²) in [6.45, 7) is 6.00. The van der Waals surface area contributed by atoms with Gasteiger partial charge in [-0.05, 0) is 42.8 Å². The molecule has 1 fully saturated rings. The van der Waals surface area contributed by atoms with Gasteiger partial charge in [0.15, 0.2) is 5.82 Å². The molecule has 0 N–H and O–H groups in total. The van der Waals surface area contributed by atoms with E-state index in [9.17, 15) is 0 Å². The van der Waals surface area contributed by atoms with Gasteiger partial charge in [0.2, 0.25) is 0 Å². The number of pyridine rings is 1. The summed E-state index contributed by atoms with van der Waals surface area (Å²) in [7, 11) is 0. The van der Waals surface area contributed by atoms with Crippen molar-refractivity contribution >= 4 is 22.4 Å². The van der Waals surface area contributed by atoms with Gasteiger partial charge in [0.05, 0.1) is 5.52 Å². The van der Waals surface area contributed by atoms with Gasteiger partial charge in [0.25, 0.3) is 0 Å². The van der Waals surface area contributed by atoms with Crippen molar-refractivity contribution in [2.24, 2.45) is 0 Å². The van der Waals surface area contributed by atoms with E-state index in [1.165, 1.54) is 11.3 Å². The molecule has 5 nitrogen and oxygen atoms in total. The number of hydrogen-bond donors (Lipinski definition) is 0. The van der Waals surface area contributed by atoms with Crippen LogP contribution in [0.4, 0.5) is 11.5 Å². The van der Waals surface area contributed by atoms with Crippen LogP contribution in [0.2, 0.25) is 0 Å². The summed E-state index contributed by atoms with van der Waals surface area (Å²) in [6, 6.07) is 20.8. The third-order valence-corrected chi connectivity index (χ3v) is 5.54. The van der Waals surface area contributed by atoms with E-state index in [1.54, 1.807) is 6.20 Å². The molecular weight excluding hydrogens is 358 g/mol. The molecule has 5 heteroatoms. The molecule has 4 aromatic rings. The topological polar surface area (TPSA) is 45.2 Å². The van der Waals surface area contributed by atoms with Crippen LogP contribution in [0.3, 0.4) is 0 Å². The summed E-state index contributed by atoms with van der Waals surface area (Å²) in [5.74, 6) is 1.74. The second kappa shape index (κ2) is 7.51. The molecule has 1 saturated heterocycles. The number of benzene rings is 2. The van der Waals surface area contributed by atoms with E-state index in [0.717, 1.165) is 54.3 Å². The molecule has 2 aromatic heterocycles. The summed E-state index contributed by atoms with van der Waals surface area (Å²) >= 11 is 0. The Hall–Kier alpha value is -3.47. The number of aryl methyl sites for hydroxylation is 1. The third kappa shape index (κ3) is 3.40. The molecule has 1 aliphatic heterocycles. The van der Waals surface area contributed by atoms with Gasteiger partial charge in [0, 0.05) is 55.2 Å². The van der Waals surface area contributed by atoms with Gasteiger partial charge < -0.3 is 9.80 Å². The number of fused-ring (bicyclic) bond motifs is 1. The van der Waals surface area contributed by atoms with Crippen molar-refractivity contribution in [1.82, 2.24) is 15.0 Å². The summed E-state index contributed by atoms with van der Waals surface area (Å²) in [6.07, 6.45) is 3.60. The fraction of sp³-hybridized carbons (Fsp3) is 0.208. The Morgan fingerprint density at radius 1 is 0.759 bits per heavy atom. The zero-order valence-corrected chi connectivity index (χ0v) is 16.5. The first-order chi connectivity index (χ1) is 14.3. The Labute approximate surface area is 170 Å². The fourth-order valence-electron chi connectivity index (χ4n) is 4.00. The van der Waals surface area contributed by atoms with E-state index in [1.807, 2.05) is 24.4 Å². The number of piperazine rings is 1. The van der Waals surface area contributed by atoms with E-state index in [4.69, 9.17) is 9.97 Å². The molecule has 5 rings (SSSR count). The lowest BCUT2D eigenvalue weighted by Gasteiger charge is -2.37. The van der Waals surface area contributed by atoms with Gasteiger partial charge in [-0.15, -0.1) is 0 Å². The number of nitrogens with zero attached hydrogens (tertiary/aromatic N) is 5. The number of anilines is 2. The van der Waals surface area contributed by atoms with Gasteiger partial charge in [-0.2, -0.15) is 0 Å².